The average molecular weight is 302 g/mol. The van der Waals surface area contributed by atoms with Gasteiger partial charge in [-0.25, -0.2) is 4.79 Å². The minimum atomic E-state index is -0.889. The molecule has 0 saturated heterocycles. The second kappa shape index (κ2) is 11.8. The molecule has 0 radical (unpaired) electrons. The van der Waals surface area contributed by atoms with Crippen molar-refractivity contribution >= 4 is 5.97 Å². The number of carboxylic acids is 1. The first kappa shape index (κ1) is 20.2. The Hall–Kier alpha value is -1.79. The van der Waals surface area contributed by atoms with Gasteiger partial charge in [-0.2, -0.15) is 0 Å². The van der Waals surface area contributed by atoms with Crippen LogP contribution >= 0.6 is 0 Å². The van der Waals surface area contributed by atoms with Gasteiger partial charge in [0.2, 0.25) is 0 Å². The number of rotatable bonds is 9. The maximum absolute atomic E-state index is 10.5. The zero-order valence-corrected chi connectivity index (χ0v) is 14.7. The monoisotopic (exact) mass is 302 g/mol. The van der Waals surface area contributed by atoms with Gasteiger partial charge in [0.15, 0.2) is 0 Å². The molecule has 0 bridgehead atoms. The first-order valence-electron chi connectivity index (χ1n) is 7.91. The second-order valence-corrected chi connectivity index (χ2v) is 6.07. The van der Waals surface area contributed by atoms with Crippen LogP contribution in [0.3, 0.4) is 0 Å². The SMILES string of the molecule is CC(=C=CC/C(C)=C/C(=O)O)CC/C=C(/C)CCC=C(C)C. The quantitative estimate of drug-likeness (QED) is 0.323. The number of hydrogen-bond donors (Lipinski definition) is 1. The lowest BCUT2D eigenvalue weighted by atomic mass is 10.1. The molecular formula is C20H30O2. The highest BCUT2D eigenvalue weighted by atomic mass is 16.4. The molecule has 0 rings (SSSR count). The van der Waals surface area contributed by atoms with E-state index in [4.69, 9.17) is 5.11 Å². The fourth-order valence-corrected chi connectivity index (χ4v) is 1.95. The first-order chi connectivity index (χ1) is 10.3. The van der Waals surface area contributed by atoms with E-state index in [0.717, 1.165) is 31.3 Å². The summed E-state index contributed by atoms with van der Waals surface area (Å²) in [5, 5.41) is 8.63. The van der Waals surface area contributed by atoms with Gasteiger partial charge in [0.05, 0.1) is 0 Å². The van der Waals surface area contributed by atoms with E-state index >= 15 is 0 Å². The van der Waals surface area contributed by atoms with Crippen LogP contribution in [0.15, 0.2) is 52.3 Å². The van der Waals surface area contributed by atoms with Crippen molar-refractivity contribution in [2.45, 2.75) is 66.7 Å². The molecule has 2 heteroatoms. The van der Waals surface area contributed by atoms with E-state index in [1.54, 1.807) is 0 Å². The Morgan fingerprint density at radius 1 is 0.955 bits per heavy atom. The van der Waals surface area contributed by atoms with Crippen molar-refractivity contribution in [2.75, 3.05) is 0 Å². The molecule has 0 aromatic rings. The summed E-state index contributed by atoms with van der Waals surface area (Å²) < 4.78 is 0. The summed E-state index contributed by atoms with van der Waals surface area (Å²) in [6.45, 7) is 10.3. The summed E-state index contributed by atoms with van der Waals surface area (Å²) in [6.07, 6.45) is 12.7. The summed E-state index contributed by atoms with van der Waals surface area (Å²) in [4.78, 5) is 10.5. The second-order valence-electron chi connectivity index (χ2n) is 6.07. The Morgan fingerprint density at radius 2 is 1.59 bits per heavy atom. The van der Waals surface area contributed by atoms with Crippen molar-refractivity contribution in [2.24, 2.45) is 0 Å². The van der Waals surface area contributed by atoms with Gasteiger partial charge in [0.25, 0.3) is 0 Å². The minimum Gasteiger partial charge on any atom is -0.478 e. The number of aliphatic carboxylic acids is 1. The van der Waals surface area contributed by atoms with E-state index in [0.29, 0.717) is 6.42 Å². The first-order valence-corrected chi connectivity index (χ1v) is 7.91. The number of hydrogen-bond acceptors (Lipinski definition) is 1. The predicted molar refractivity (Wildman–Crippen MR) is 94.9 cm³/mol. The third-order valence-corrected chi connectivity index (χ3v) is 3.25. The van der Waals surface area contributed by atoms with Crippen LogP contribution in [-0.4, -0.2) is 11.1 Å². The molecule has 0 heterocycles. The van der Waals surface area contributed by atoms with Crippen molar-refractivity contribution < 1.29 is 9.90 Å². The molecule has 2 nitrogen and oxygen atoms in total. The van der Waals surface area contributed by atoms with Crippen LogP contribution in [0.2, 0.25) is 0 Å². The Kier molecular flexibility index (Phi) is 10.9. The Morgan fingerprint density at radius 3 is 2.18 bits per heavy atom. The Balaban J connectivity index is 4.21. The molecule has 22 heavy (non-hydrogen) atoms. The molecule has 0 amide bonds. The lowest BCUT2D eigenvalue weighted by molar-refractivity contribution is -0.131. The van der Waals surface area contributed by atoms with E-state index in [1.165, 1.54) is 22.8 Å². The molecule has 0 fully saturated rings. The van der Waals surface area contributed by atoms with Crippen LogP contribution in [0.25, 0.3) is 0 Å². The van der Waals surface area contributed by atoms with Crippen LogP contribution < -0.4 is 0 Å². The molecule has 0 aromatic carbocycles. The van der Waals surface area contributed by atoms with Gasteiger partial charge >= 0.3 is 5.97 Å². The third-order valence-electron chi connectivity index (χ3n) is 3.25. The van der Waals surface area contributed by atoms with E-state index < -0.39 is 5.97 Å². The molecular weight excluding hydrogens is 272 g/mol. The highest BCUT2D eigenvalue weighted by Crippen LogP contribution is 2.11. The van der Waals surface area contributed by atoms with Crippen molar-refractivity contribution in [1.82, 2.24) is 0 Å². The highest BCUT2D eigenvalue weighted by molar-refractivity contribution is 5.80. The summed E-state index contributed by atoms with van der Waals surface area (Å²) in [5.74, 6) is -0.889. The van der Waals surface area contributed by atoms with Crippen LogP contribution in [0.5, 0.6) is 0 Å². The molecule has 122 valence electrons. The van der Waals surface area contributed by atoms with Crippen LogP contribution in [-0.2, 0) is 4.79 Å². The fraction of sp³-hybridized carbons (Fsp3) is 0.500. The van der Waals surface area contributed by atoms with Crippen molar-refractivity contribution in [1.29, 1.82) is 0 Å². The Labute approximate surface area is 135 Å². The van der Waals surface area contributed by atoms with E-state index in [2.05, 4.69) is 45.6 Å². The van der Waals surface area contributed by atoms with Crippen molar-refractivity contribution in [3.8, 4) is 0 Å². The lowest BCUT2D eigenvalue weighted by Crippen LogP contribution is -1.88. The van der Waals surface area contributed by atoms with Gasteiger partial charge in [-0.05, 0) is 78.4 Å². The van der Waals surface area contributed by atoms with Gasteiger partial charge in [-0.1, -0.05) is 28.9 Å². The topological polar surface area (TPSA) is 37.3 Å². The summed E-state index contributed by atoms with van der Waals surface area (Å²) in [5.41, 5.74) is 8.10. The summed E-state index contributed by atoms with van der Waals surface area (Å²) in [6, 6.07) is 0. The molecule has 0 saturated carbocycles. The molecule has 0 aliphatic carbocycles. The zero-order chi connectivity index (χ0) is 17.0. The molecule has 0 spiro atoms. The summed E-state index contributed by atoms with van der Waals surface area (Å²) in [7, 11) is 0. The average Bonchev–Trinajstić information content (AvgIpc) is 2.37. The van der Waals surface area contributed by atoms with Crippen LogP contribution in [0.4, 0.5) is 0 Å². The Bertz CT molecular complexity index is 506. The maximum atomic E-state index is 10.5. The smallest absolute Gasteiger partial charge is 0.328 e. The normalized spacial score (nSPS) is 11.7. The van der Waals surface area contributed by atoms with Crippen LogP contribution in [0, 0.1) is 0 Å². The maximum Gasteiger partial charge on any atom is 0.328 e. The standard InChI is InChI=1S/C20H30O2/c1-16(2)9-6-10-17(3)11-7-12-18(4)13-8-14-19(5)15-20(21)22/h8-9,11,15H,6-7,10,12,14H2,1-5H3,(H,21,22)/b17-11-,19-15+. The highest BCUT2D eigenvalue weighted by Gasteiger charge is 1.92. The molecule has 1 N–H and O–H groups in total. The molecule has 0 atom stereocenters. The fourth-order valence-electron chi connectivity index (χ4n) is 1.95. The summed E-state index contributed by atoms with van der Waals surface area (Å²) >= 11 is 0. The molecule has 0 aliphatic rings. The van der Waals surface area contributed by atoms with Gasteiger partial charge in [0, 0.05) is 6.08 Å². The van der Waals surface area contributed by atoms with Crippen molar-refractivity contribution in [3.63, 3.8) is 0 Å². The largest absolute Gasteiger partial charge is 0.478 e. The molecule has 0 unspecified atom stereocenters. The number of carboxylic acid groups (broad SMARTS) is 1. The molecule has 0 aliphatic heterocycles. The minimum absolute atomic E-state index is 0.640. The lowest BCUT2D eigenvalue weighted by Gasteiger charge is -2.00. The van der Waals surface area contributed by atoms with Crippen LogP contribution in [0.1, 0.15) is 66.7 Å². The van der Waals surface area contributed by atoms with Gasteiger partial charge in [0.1, 0.15) is 0 Å². The van der Waals surface area contributed by atoms with E-state index in [1.807, 2.05) is 13.0 Å². The van der Waals surface area contributed by atoms with Gasteiger partial charge in [-0.15, -0.1) is 5.73 Å². The number of carbonyl (C=O) groups is 1. The van der Waals surface area contributed by atoms with Gasteiger partial charge < -0.3 is 5.11 Å². The number of allylic oxidation sites excluding steroid dienone is 6. The molecule has 0 aromatic heterocycles. The van der Waals surface area contributed by atoms with Gasteiger partial charge in [-0.3, -0.25) is 0 Å². The predicted octanol–water partition coefficient (Wildman–Crippen LogP) is 5.98. The zero-order valence-electron chi connectivity index (χ0n) is 14.7. The van der Waals surface area contributed by atoms with E-state index in [9.17, 15) is 4.79 Å². The third kappa shape index (κ3) is 13.2. The van der Waals surface area contributed by atoms with E-state index in [-0.39, 0.29) is 0 Å². The van der Waals surface area contributed by atoms with Crippen molar-refractivity contribution in [3.05, 3.63) is 52.3 Å².